The first-order valence-electron chi connectivity index (χ1n) is 9.17. The molecule has 3 aromatic heterocycles. The summed E-state index contributed by atoms with van der Waals surface area (Å²) in [5.74, 6) is -0.920. The summed E-state index contributed by atoms with van der Waals surface area (Å²) in [5.41, 5.74) is 2.81. The van der Waals surface area contributed by atoms with Gasteiger partial charge in [-0.05, 0) is 43.7 Å². The van der Waals surface area contributed by atoms with Crippen molar-refractivity contribution in [1.29, 1.82) is 0 Å². The Bertz CT molecular complexity index is 1190. The number of pyridine rings is 2. The molecule has 4 aromatic rings. The van der Waals surface area contributed by atoms with Gasteiger partial charge >= 0.3 is 0 Å². The summed E-state index contributed by atoms with van der Waals surface area (Å²) in [5, 5.41) is 3.50. The van der Waals surface area contributed by atoms with Crippen LogP contribution in [-0.2, 0) is 6.54 Å². The number of aryl methyl sites for hydroxylation is 2. The molecule has 0 spiro atoms. The predicted molar refractivity (Wildman–Crippen MR) is 110 cm³/mol. The number of rotatable bonds is 5. The van der Waals surface area contributed by atoms with Crippen molar-refractivity contribution in [2.24, 2.45) is 0 Å². The zero-order valence-electron chi connectivity index (χ0n) is 15.9. The first-order valence-corrected chi connectivity index (χ1v) is 9.55. The number of nitrogens with zero attached hydrogens (tertiary/aromatic N) is 4. The quantitative estimate of drug-likeness (QED) is 0.443. The number of fused-ring (bicyclic) bond motifs is 1. The lowest BCUT2D eigenvalue weighted by atomic mass is 10.2. The minimum Gasteiger partial charge on any atom is -0.338 e. The molecule has 4 rings (SSSR count). The number of nitrogens with one attached hydrogen (secondary N) is 1. The van der Waals surface area contributed by atoms with Crippen LogP contribution < -0.4 is 5.32 Å². The van der Waals surface area contributed by atoms with E-state index in [1.165, 1.54) is 6.07 Å². The number of benzene rings is 1. The largest absolute Gasteiger partial charge is 0.338 e. The van der Waals surface area contributed by atoms with Crippen molar-refractivity contribution in [1.82, 2.24) is 19.5 Å². The summed E-state index contributed by atoms with van der Waals surface area (Å²) in [7, 11) is 0. The van der Waals surface area contributed by atoms with Gasteiger partial charge in [-0.2, -0.15) is 0 Å². The first kappa shape index (κ1) is 19.3. The van der Waals surface area contributed by atoms with Gasteiger partial charge in [-0.1, -0.05) is 18.5 Å². The van der Waals surface area contributed by atoms with E-state index in [0.29, 0.717) is 34.3 Å². The van der Waals surface area contributed by atoms with Crippen LogP contribution in [0.4, 0.5) is 20.3 Å². The molecule has 0 saturated heterocycles. The third-order valence-corrected chi connectivity index (χ3v) is 4.82. The fourth-order valence-corrected chi connectivity index (χ4v) is 3.35. The molecule has 8 heteroatoms. The van der Waals surface area contributed by atoms with E-state index in [9.17, 15) is 8.78 Å². The van der Waals surface area contributed by atoms with E-state index in [2.05, 4.69) is 20.3 Å². The molecule has 0 atom stereocenters. The highest BCUT2D eigenvalue weighted by molar-refractivity contribution is 6.33. The summed E-state index contributed by atoms with van der Waals surface area (Å²) in [4.78, 5) is 13.0. The number of halogens is 3. The third-order valence-electron chi connectivity index (χ3n) is 4.53. The molecule has 148 valence electrons. The Kier molecular flexibility index (Phi) is 5.15. The van der Waals surface area contributed by atoms with Crippen molar-refractivity contribution in [3.05, 3.63) is 65.1 Å². The molecule has 5 nitrogen and oxygen atoms in total. The lowest BCUT2D eigenvalue weighted by Crippen LogP contribution is -2.01. The van der Waals surface area contributed by atoms with Gasteiger partial charge in [0.05, 0.1) is 22.4 Å². The van der Waals surface area contributed by atoms with Gasteiger partial charge in [-0.3, -0.25) is 4.98 Å². The van der Waals surface area contributed by atoms with E-state index < -0.39 is 11.6 Å². The number of imidazole rings is 1. The second kappa shape index (κ2) is 7.75. The highest BCUT2D eigenvalue weighted by Crippen LogP contribution is 2.31. The van der Waals surface area contributed by atoms with Crippen LogP contribution in [0.1, 0.15) is 19.0 Å². The highest BCUT2D eigenvalue weighted by Gasteiger charge is 2.18. The van der Waals surface area contributed by atoms with E-state index in [-0.39, 0.29) is 5.52 Å². The second-order valence-electron chi connectivity index (χ2n) is 6.68. The number of hydrogen-bond acceptors (Lipinski definition) is 4. The van der Waals surface area contributed by atoms with Gasteiger partial charge in [0.1, 0.15) is 17.2 Å². The fraction of sp³-hybridized carbons (Fsp3) is 0.190. The Labute approximate surface area is 171 Å². The summed E-state index contributed by atoms with van der Waals surface area (Å²) in [6.07, 6.45) is 4.11. The first-order chi connectivity index (χ1) is 14.0. The van der Waals surface area contributed by atoms with Crippen LogP contribution in [0.3, 0.4) is 0 Å². The minimum atomic E-state index is -0.956. The lowest BCUT2D eigenvalue weighted by molar-refractivity contribution is 0.515. The molecule has 29 heavy (non-hydrogen) atoms. The van der Waals surface area contributed by atoms with Crippen LogP contribution >= 0.6 is 11.6 Å². The van der Waals surface area contributed by atoms with Gasteiger partial charge in [0.2, 0.25) is 0 Å². The molecule has 0 bridgehead atoms. The van der Waals surface area contributed by atoms with E-state index >= 15 is 0 Å². The van der Waals surface area contributed by atoms with E-state index in [4.69, 9.17) is 11.6 Å². The number of hydrogen-bond donors (Lipinski definition) is 1. The second-order valence-corrected chi connectivity index (χ2v) is 7.09. The maximum Gasteiger partial charge on any atom is 0.186 e. The molecular formula is C21H18ClF2N5. The summed E-state index contributed by atoms with van der Waals surface area (Å²) >= 11 is 6.43. The van der Waals surface area contributed by atoms with Gasteiger partial charge < -0.3 is 9.88 Å². The molecule has 0 unspecified atom stereocenters. The predicted octanol–water partition coefficient (Wildman–Crippen LogP) is 5.89. The van der Waals surface area contributed by atoms with Crippen LogP contribution in [0.5, 0.6) is 0 Å². The van der Waals surface area contributed by atoms with Gasteiger partial charge in [-0.25, -0.2) is 18.7 Å². The highest BCUT2D eigenvalue weighted by atomic mass is 35.5. The SMILES string of the molecule is CCCn1c(-c2cnc(Nc3ccc(C)nc3)c(Cl)c2)nc2c(F)c(F)ccc21. The maximum absolute atomic E-state index is 14.3. The monoisotopic (exact) mass is 413 g/mol. The average molecular weight is 414 g/mol. The zero-order chi connectivity index (χ0) is 20.5. The van der Waals surface area contributed by atoms with E-state index in [1.54, 1.807) is 18.5 Å². The number of anilines is 2. The van der Waals surface area contributed by atoms with Crippen LogP contribution in [0.2, 0.25) is 5.02 Å². The molecule has 0 aliphatic rings. The summed E-state index contributed by atoms with van der Waals surface area (Å²) in [6, 6.07) is 8.12. The van der Waals surface area contributed by atoms with Crippen LogP contribution in [0.15, 0.2) is 42.7 Å². The molecule has 0 amide bonds. The van der Waals surface area contributed by atoms with Crippen molar-refractivity contribution in [2.45, 2.75) is 26.8 Å². The van der Waals surface area contributed by atoms with Crippen molar-refractivity contribution in [3.8, 4) is 11.4 Å². The Hall–Kier alpha value is -3.06. The van der Waals surface area contributed by atoms with Crippen LogP contribution in [0, 0.1) is 18.6 Å². The fourth-order valence-electron chi connectivity index (χ4n) is 3.14. The lowest BCUT2D eigenvalue weighted by Gasteiger charge is -2.11. The normalized spacial score (nSPS) is 11.2. The van der Waals surface area contributed by atoms with Gasteiger partial charge in [0.15, 0.2) is 11.6 Å². The summed E-state index contributed by atoms with van der Waals surface area (Å²) in [6.45, 7) is 4.51. The van der Waals surface area contributed by atoms with Gasteiger partial charge in [-0.15, -0.1) is 0 Å². The smallest absolute Gasteiger partial charge is 0.186 e. The molecule has 1 N–H and O–H groups in total. The molecule has 3 heterocycles. The van der Waals surface area contributed by atoms with Crippen molar-refractivity contribution < 1.29 is 8.78 Å². The van der Waals surface area contributed by atoms with Crippen molar-refractivity contribution in [3.63, 3.8) is 0 Å². The van der Waals surface area contributed by atoms with Crippen LogP contribution in [-0.4, -0.2) is 19.5 Å². The average Bonchev–Trinajstić information content (AvgIpc) is 3.07. The number of aromatic nitrogens is 4. The maximum atomic E-state index is 14.3. The zero-order valence-corrected chi connectivity index (χ0v) is 16.6. The Morgan fingerprint density at radius 3 is 2.62 bits per heavy atom. The van der Waals surface area contributed by atoms with Gasteiger partial charge in [0.25, 0.3) is 0 Å². The minimum absolute atomic E-state index is 0.00231. The molecule has 0 aliphatic heterocycles. The molecular weight excluding hydrogens is 396 g/mol. The molecule has 0 saturated carbocycles. The molecule has 0 fully saturated rings. The molecule has 0 radical (unpaired) electrons. The van der Waals surface area contributed by atoms with Crippen LogP contribution in [0.25, 0.3) is 22.4 Å². The van der Waals surface area contributed by atoms with Gasteiger partial charge in [0, 0.05) is 24.0 Å². The summed E-state index contributed by atoms with van der Waals surface area (Å²) < 4.78 is 29.8. The van der Waals surface area contributed by atoms with E-state index in [1.807, 2.05) is 30.5 Å². The standard InChI is InChI=1S/C21H18ClF2N5/c1-3-8-29-17-7-6-16(23)18(24)19(17)28-21(29)13-9-15(22)20(26-10-13)27-14-5-4-12(2)25-11-14/h4-7,9-11H,3,8H2,1-2H3,(H,26,27). The molecule has 0 aliphatic carbocycles. The van der Waals surface area contributed by atoms with Crippen molar-refractivity contribution in [2.75, 3.05) is 5.32 Å². The Morgan fingerprint density at radius 2 is 1.93 bits per heavy atom. The van der Waals surface area contributed by atoms with Crippen molar-refractivity contribution >= 4 is 34.1 Å². The molecule has 1 aromatic carbocycles. The van der Waals surface area contributed by atoms with E-state index in [0.717, 1.165) is 23.9 Å². The Balaban J connectivity index is 1.75. The topological polar surface area (TPSA) is 55.6 Å². The third kappa shape index (κ3) is 3.65. The Morgan fingerprint density at radius 1 is 1.10 bits per heavy atom.